The van der Waals surface area contributed by atoms with E-state index in [1.54, 1.807) is 43.6 Å². The van der Waals surface area contributed by atoms with E-state index in [4.69, 9.17) is 5.73 Å². The topological polar surface area (TPSA) is 97.1 Å². The Morgan fingerprint density at radius 1 is 1.09 bits per heavy atom. The summed E-state index contributed by atoms with van der Waals surface area (Å²) in [6, 6.07) is 11.6. The highest BCUT2D eigenvalue weighted by Gasteiger charge is 2.30. The zero-order valence-corrected chi connectivity index (χ0v) is 18.9. The molecule has 172 valence electrons. The fourth-order valence-electron chi connectivity index (χ4n) is 4.85. The van der Waals surface area contributed by atoms with Gasteiger partial charge in [-0.1, -0.05) is 6.92 Å². The maximum Gasteiger partial charge on any atom is 0.251 e. The van der Waals surface area contributed by atoms with Gasteiger partial charge in [0.2, 0.25) is 5.91 Å². The summed E-state index contributed by atoms with van der Waals surface area (Å²) in [6.07, 6.45) is 5.52. The first-order chi connectivity index (χ1) is 15.9. The van der Waals surface area contributed by atoms with Gasteiger partial charge >= 0.3 is 0 Å². The van der Waals surface area contributed by atoms with Crippen molar-refractivity contribution in [1.82, 2.24) is 10.3 Å². The van der Waals surface area contributed by atoms with Gasteiger partial charge in [-0.15, -0.1) is 0 Å². The number of amides is 2. The highest BCUT2D eigenvalue weighted by molar-refractivity contribution is 5.99. The van der Waals surface area contributed by atoms with E-state index in [9.17, 15) is 14.0 Å². The third-order valence-electron chi connectivity index (χ3n) is 6.87. The van der Waals surface area contributed by atoms with Crippen LogP contribution in [-0.2, 0) is 4.79 Å². The molecule has 1 fully saturated rings. The van der Waals surface area contributed by atoms with Crippen LogP contribution in [0.3, 0.4) is 0 Å². The Hall–Kier alpha value is -3.48. The SMILES string of the molecule is CNC(=O)c1ccc(NC(=O)C(C)C2CCC(c3ccnc4ccc(F)cc34)CC2)c(N)c1. The Labute approximate surface area is 192 Å². The van der Waals surface area contributed by atoms with Crippen molar-refractivity contribution in [3.63, 3.8) is 0 Å². The summed E-state index contributed by atoms with van der Waals surface area (Å²) >= 11 is 0. The minimum Gasteiger partial charge on any atom is -0.397 e. The molecule has 7 heteroatoms. The summed E-state index contributed by atoms with van der Waals surface area (Å²) in [5.74, 6) is -0.133. The average molecular weight is 449 g/mol. The summed E-state index contributed by atoms with van der Waals surface area (Å²) < 4.78 is 13.8. The molecule has 1 heterocycles. The quantitative estimate of drug-likeness (QED) is 0.486. The highest BCUT2D eigenvalue weighted by atomic mass is 19.1. The zero-order valence-electron chi connectivity index (χ0n) is 18.9. The minimum atomic E-state index is -0.252. The molecule has 0 aliphatic heterocycles. The van der Waals surface area contributed by atoms with E-state index >= 15 is 0 Å². The van der Waals surface area contributed by atoms with Crippen LogP contribution in [0, 0.1) is 17.7 Å². The van der Waals surface area contributed by atoms with Gasteiger partial charge < -0.3 is 16.4 Å². The van der Waals surface area contributed by atoms with E-state index in [0.29, 0.717) is 22.9 Å². The number of nitrogens with one attached hydrogen (secondary N) is 2. The van der Waals surface area contributed by atoms with Gasteiger partial charge in [0.05, 0.1) is 16.9 Å². The number of aromatic nitrogens is 1. The van der Waals surface area contributed by atoms with Gasteiger partial charge in [-0.2, -0.15) is 0 Å². The van der Waals surface area contributed by atoms with E-state index < -0.39 is 0 Å². The molecule has 2 aromatic carbocycles. The number of nitrogens with two attached hydrogens (primary N) is 1. The first-order valence-corrected chi connectivity index (χ1v) is 11.3. The Kier molecular flexibility index (Phi) is 6.58. The van der Waals surface area contributed by atoms with Crippen molar-refractivity contribution in [2.45, 2.75) is 38.5 Å². The Balaban J connectivity index is 1.40. The standard InChI is InChI=1S/C26H29FN4O2/c1-15(25(32)31-24-9-7-18(13-22(24)28)26(33)29-2)16-3-5-17(6-4-16)20-11-12-30-23-10-8-19(27)14-21(20)23/h7-17H,3-6,28H2,1-2H3,(H,29,33)(H,31,32). The summed E-state index contributed by atoms with van der Waals surface area (Å²) in [6.45, 7) is 1.95. The van der Waals surface area contributed by atoms with E-state index in [2.05, 4.69) is 15.6 Å². The van der Waals surface area contributed by atoms with Crippen LogP contribution in [0.5, 0.6) is 0 Å². The number of halogens is 1. The van der Waals surface area contributed by atoms with Gasteiger partial charge in [0.1, 0.15) is 5.82 Å². The second kappa shape index (κ2) is 9.57. The number of nitrogen functional groups attached to an aromatic ring is 1. The van der Waals surface area contributed by atoms with Gasteiger partial charge in [0.15, 0.2) is 0 Å². The fourth-order valence-corrected chi connectivity index (χ4v) is 4.85. The number of pyridine rings is 1. The van der Waals surface area contributed by atoms with Crippen molar-refractivity contribution in [3.05, 3.63) is 65.6 Å². The van der Waals surface area contributed by atoms with Crippen molar-refractivity contribution in [2.24, 2.45) is 11.8 Å². The van der Waals surface area contributed by atoms with Crippen LogP contribution in [0.1, 0.15) is 54.4 Å². The van der Waals surface area contributed by atoms with Crippen molar-refractivity contribution < 1.29 is 14.0 Å². The van der Waals surface area contributed by atoms with Gasteiger partial charge in [0.25, 0.3) is 5.91 Å². The van der Waals surface area contributed by atoms with Crippen LogP contribution in [0.25, 0.3) is 10.9 Å². The van der Waals surface area contributed by atoms with Gasteiger partial charge in [0, 0.05) is 30.1 Å². The lowest BCUT2D eigenvalue weighted by Gasteiger charge is -2.32. The minimum absolute atomic E-state index is 0.0747. The van der Waals surface area contributed by atoms with Gasteiger partial charge in [-0.05, 0) is 85.5 Å². The summed E-state index contributed by atoms with van der Waals surface area (Å²) in [5.41, 5.74) is 9.32. The lowest BCUT2D eigenvalue weighted by atomic mass is 9.73. The number of rotatable bonds is 5. The zero-order chi connectivity index (χ0) is 23.5. The molecular formula is C26H29FN4O2. The molecule has 1 aliphatic carbocycles. The number of hydrogen-bond acceptors (Lipinski definition) is 4. The summed E-state index contributed by atoms with van der Waals surface area (Å²) in [7, 11) is 1.56. The molecule has 0 radical (unpaired) electrons. The largest absolute Gasteiger partial charge is 0.397 e. The van der Waals surface area contributed by atoms with E-state index in [1.807, 2.05) is 13.0 Å². The van der Waals surface area contributed by atoms with Crippen molar-refractivity contribution >= 4 is 34.1 Å². The predicted molar refractivity (Wildman–Crippen MR) is 128 cm³/mol. The number of anilines is 2. The molecule has 0 saturated heterocycles. The first kappa shape index (κ1) is 22.7. The average Bonchev–Trinajstić information content (AvgIpc) is 2.84. The van der Waals surface area contributed by atoms with Gasteiger partial charge in [-0.25, -0.2) is 4.39 Å². The van der Waals surface area contributed by atoms with Crippen molar-refractivity contribution in [3.8, 4) is 0 Å². The Bertz CT molecular complexity index is 1190. The lowest BCUT2D eigenvalue weighted by Crippen LogP contribution is -2.30. The molecule has 4 N–H and O–H groups in total. The lowest BCUT2D eigenvalue weighted by molar-refractivity contribution is -0.121. The normalized spacial score (nSPS) is 19.1. The number of carbonyl (C=O) groups is 2. The van der Waals surface area contributed by atoms with Crippen LogP contribution >= 0.6 is 0 Å². The molecule has 0 spiro atoms. The van der Waals surface area contributed by atoms with E-state index in [0.717, 1.165) is 42.1 Å². The second-order valence-electron chi connectivity index (χ2n) is 8.83. The fraction of sp³-hybridized carbons (Fsp3) is 0.346. The molecule has 1 aromatic heterocycles. The molecule has 1 saturated carbocycles. The number of nitrogens with zero attached hydrogens (tertiary/aromatic N) is 1. The predicted octanol–water partition coefficient (Wildman–Crippen LogP) is 4.86. The van der Waals surface area contributed by atoms with E-state index in [1.165, 1.54) is 6.07 Å². The highest BCUT2D eigenvalue weighted by Crippen LogP contribution is 2.41. The number of fused-ring (bicyclic) bond motifs is 1. The van der Waals surface area contributed by atoms with Crippen LogP contribution in [0.4, 0.5) is 15.8 Å². The molecule has 2 amide bonds. The van der Waals surface area contributed by atoms with Crippen LogP contribution in [-0.4, -0.2) is 23.8 Å². The number of carbonyl (C=O) groups excluding carboxylic acids is 2. The van der Waals surface area contributed by atoms with Crippen LogP contribution in [0.15, 0.2) is 48.7 Å². The second-order valence-corrected chi connectivity index (χ2v) is 8.83. The van der Waals surface area contributed by atoms with Crippen molar-refractivity contribution in [1.29, 1.82) is 0 Å². The van der Waals surface area contributed by atoms with E-state index in [-0.39, 0.29) is 29.5 Å². The molecule has 33 heavy (non-hydrogen) atoms. The number of hydrogen-bond donors (Lipinski definition) is 3. The third kappa shape index (κ3) is 4.82. The molecule has 6 nitrogen and oxygen atoms in total. The number of benzene rings is 2. The third-order valence-corrected chi connectivity index (χ3v) is 6.87. The van der Waals surface area contributed by atoms with Crippen LogP contribution < -0.4 is 16.4 Å². The smallest absolute Gasteiger partial charge is 0.251 e. The van der Waals surface area contributed by atoms with Gasteiger partial charge in [-0.3, -0.25) is 14.6 Å². The maximum atomic E-state index is 13.8. The molecule has 1 atom stereocenters. The maximum absolute atomic E-state index is 13.8. The molecule has 1 aliphatic rings. The Morgan fingerprint density at radius 2 is 1.85 bits per heavy atom. The first-order valence-electron chi connectivity index (χ1n) is 11.3. The monoisotopic (exact) mass is 448 g/mol. The Morgan fingerprint density at radius 3 is 2.55 bits per heavy atom. The summed E-state index contributed by atoms with van der Waals surface area (Å²) in [5, 5.41) is 6.35. The molecular weight excluding hydrogens is 419 g/mol. The molecule has 1 unspecified atom stereocenters. The molecule has 3 aromatic rings. The molecule has 0 bridgehead atoms. The van der Waals surface area contributed by atoms with Crippen molar-refractivity contribution in [2.75, 3.05) is 18.1 Å². The van der Waals surface area contributed by atoms with Crippen LogP contribution in [0.2, 0.25) is 0 Å². The summed E-state index contributed by atoms with van der Waals surface area (Å²) in [4.78, 5) is 29.0. The molecule has 4 rings (SSSR count).